The number of hydrogen-bond acceptors (Lipinski definition) is 5. The average Bonchev–Trinajstić information content (AvgIpc) is 3.44. The molecule has 5 heteroatoms. The van der Waals surface area contributed by atoms with Crippen molar-refractivity contribution in [1.82, 2.24) is 4.90 Å². The summed E-state index contributed by atoms with van der Waals surface area (Å²) < 4.78 is 12.5. The summed E-state index contributed by atoms with van der Waals surface area (Å²) in [6.45, 7) is 12.9. The van der Waals surface area contributed by atoms with Crippen LogP contribution in [0, 0.1) is 23.7 Å². The van der Waals surface area contributed by atoms with Crippen LogP contribution in [0.2, 0.25) is 0 Å². The number of nitrogens with zero attached hydrogens (tertiary/aromatic N) is 1. The van der Waals surface area contributed by atoms with Gasteiger partial charge in [-0.15, -0.1) is 0 Å². The van der Waals surface area contributed by atoms with Crippen molar-refractivity contribution in [3.63, 3.8) is 0 Å². The van der Waals surface area contributed by atoms with E-state index >= 15 is 0 Å². The smallest absolute Gasteiger partial charge is 0.103 e. The van der Waals surface area contributed by atoms with Crippen LogP contribution in [-0.2, 0) is 9.47 Å². The Morgan fingerprint density at radius 1 is 1.17 bits per heavy atom. The topological polar surface area (TPSA) is 62.2 Å². The van der Waals surface area contributed by atoms with Crippen molar-refractivity contribution in [2.75, 3.05) is 14.1 Å². The van der Waals surface area contributed by atoms with E-state index in [0.717, 1.165) is 19.3 Å². The fourth-order valence-corrected chi connectivity index (χ4v) is 5.94. The molecule has 1 saturated carbocycles. The van der Waals surface area contributed by atoms with Crippen LogP contribution in [0.25, 0.3) is 0 Å². The first-order chi connectivity index (χ1) is 17.0. The fraction of sp³-hybridized carbons (Fsp3) is 0.742. The van der Waals surface area contributed by atoms with Crippen molar-refractivity contribution in [1.29, 1.82) is 0 Å². The largest absolute Gasteiger partial charge is 0.393 e. The van der Waals surface area contributed by atoms with E-state index in [1.165, 1.54) is 11.1 Å². The zero-order valence-corrected chi connectivity index (χ0v) is 23.8. The predicted octanol–water partition coefficient (Wildman–Crippen LogP) is 5.30. The third-order valence-corrected chi connectivity index (χ3v) is 8.42. The van der Waals surface area contributed by atoms with Gasteiger partial charge in [-0.25, -0.2) is 0 Å². The summed E-state index contributed by atoms with van der Waals surface area (Å²) in [6.07, 6.45) is 16.1. The highest BCUT2D eigenvalue weighted by Crippen LogP contribution is 2.48. The molecule has 3 aliphatic rings. The molecule has 36 heavy (non-hydrogen) atoms. The lowest BCUT2D eigenvalue weighted by molar-refractivity contribution is -0.136. The van der Waals surface area contributed by atoms with E-state index in [-0.39, 0.29) is 30.5 Å². The van der Waals surface area contributed by atoms with Gasteiger partial charge in [0.05, 0.1) is 30.5 Å². The van der Waals surface area contributed by atoms with Crippen LogP contribution in [0.1, 0.15) is 67.2 Å². The van der Waals surface area contributed by atoms with Crippen LogP contribution in [-0.4, -0.2) is 71.9 Å². The molecule has 11 atom stereocenters. The molecule has 1 unspecified atom stereocenters. The van der Waals surface area contributed by atoms with Crippen molar-refractivity contribution in [2.45, 2.75) is 110 Å². The van der Waals surface area contributed by atoms with Gasteiger partial charge in [0.15, 0.2) is 0 Å². The molecule has 0 spiro atoms. The second kappa shape index (κ2) is 13.0. The molecular formula is C31H51NO4. The third kappa shape index (κ3) is 7.64. The molecule has 204 valence electrons. The van der Waals surface area contributed by atoms with E-state index in [1.54, 1.807) is 6.92 Å². The molecule has 0 amide bonds. The van der Waals surface area contributed by atoms with Gasteiger partial charge in [0.25, 0.3) is 0 Å². The summed E-state index contributed by atoms with van der Waals surface area (Å²) >= 11 is 0. The molecule has 5 nitrogen and oxygen atoms in total. The average molecular weight is 502 g/mol. The van der Waals surface area contributed by atoms with Crippen LogP contribution >= 0.6 is 0 Å². The molecule has 2 heterocycles. The summed E-state index contributed by atoms with van der Waals surface area (Å²) in [5, 5.41) is 20.8. The summed E-state index contributed by atoms with van der Waals surface area (Å²) in [5.74, 6) is 1.96. The summed E-state index contributed by atoms with van der Waals surface area (Å²) in [4.78, 5) is 2.07. The molecule has 0 aromatic rings. The Labute approximate surface area is 219 Å². The molecule has 0 aromatic carbocycles. The van der Waals surface area contributed by atoms with E-state index < -0.39 is 12.2 Å². The highest BCUT2D eigenvalue weighted by molar-refractivity contribution is 5.20. The van der Waals surface area contributed by atoms with Crippen molar-refractivity contribution in [3.05, 3.63) is 47.6 Å². The predicted molar refractivity (Wildman–Crippen MR) is 148 cm³/mol. The molecule has 2 N–H and O–H groups in total. The Balaban J connectivity index is 1.56. The zero-order chi connectivity index (χ0) is 26.6. The molecule has 2 aliphatic heterocycles. The van der Waals surface area contributed by atoms with Gasteiger partial charge in [-0.1, -0.05) is 57.2 Å². The maximum absolute atomic E-state index is 10.9. The number of rotatable bonds is 10. The van der Waals surface area contributed by atoms with E-state index in [1.807, 2.05) is 14.1 Å². The van der Waals surface area contributed by atoms with Crippen molar-refractivity contribution < 1.29 is 19.7 Å². The van der Waals surface area contributed by atoms with Gasteiger partial charge in [0, 0.05) is 6.04 Å². The highest BCUT2D eigenvalue weighted by atomic mass is 16.5. The first-order valence-electron chi connectivity index (χ1n) is 14.1. The Kier molecular flexibility index (Phi) is 10.6. The molecular weight excluding hydrogens is 450 g/mol. The van der Waals surface area contributed by atoms with Crippen LogP contribution in [0.15, 0.2) is 47.6 Å². The van der Waals surface area contributed by atoms with E-state index in [9.17, 15) is 10.2 Å². The second-order valence-electron chi connectivity index (χ2n) is 11.8. The lowest BCUT2D eigenvalue weighted by Gasteiger charge is -2.41. The minimum absolute atomic E-state index is 0.0282. The van der Waals surface area contributed by atoms with E-state index in [4.69, 9.17) is 9.47 Å². The number of aliphatic hydroxyl groups is 2. The first kappa shape index (κ1) is 29.3. The van der Waals surface area contributed by atoms with Gasteiger partial charge in [-0.2, -0.15) is 0 Å². The molecule has 0 bridgehead atoms. The van der Waals surface area contributed by atoms with Crippen molar-refractivity contribution >= 4 is 0 Å². The number of likely N-dealkylation sites (N-methyl/N-ethyl adjacent to an activating group) is 1. The Morgan fingerprint density at radius 2 is 1.86 bits per heavy atom. The SMILES string of the molecule is CC[C@H]1O[C@@H](C(C)=C[C@H](C)C=C[C@H]2[C@@H](C)[C@@H]2C=C[C@@H]2O[C@H](CC(C)O)C[C@H](N(C)C)[C@H]2O)CC=C1C. The minimum Gasteiger partial charge on any atom is -0.393 e. The molecule has 0 radical (unpaired) electrons. The number of allylic oxidation sites excluding steroid dienone is 4. The van der Waals surface area contributed by atoms with Gasteiger partial charge < -0.3 is 24.6 Å². The lowest BCUT2D eigenvalue weighted by Crippen LogP contribution is -2.53. The van der Waals surface area contributed by atoms with Gasteiger partial charge in [0.2, 0.25) is 0 Å². The normalized spacial score (nSPS) is 39.6. The van der Waals surface area contributed by atoms with Gasteiger partial charge >= 0.3 is 0 Å². The molecule has 2 fully saturated rings. The third-order valence-electron chi connectivity index (χ3n) is 8.42. The van der Waals surface area contributed by atoms with Gasteiger partial charge in [-0.05, 0) is 95.4 Å². The fourth-order valence-electron chi connectivity index (χ4n) is 5.94. The Hall–Kier alpha value is -1.24. The Bertz CT molecular complexity index is 828. The maximum atomic E-state index is 10.9. The summed E-state index contributed by atoms with van der Waals surface area (Å²) in [5.41, 5.74) is 2.68. The van der Waals surface area contributed by atoms with Crippen molar-refractivity contribution in [2.24, 2.45) is 23.7 Å². The lowest BCUT2D eigenvalue weighted by atomic mass is 9.91. The minimum atomic E-state index is -0.564. The highest BCUT2D eigenvalue weighted by Gasteiger charge is 2.43. The monoisotopic (exact) mass is 501 g/mol. The number of ether oxygens (including phenoxy) is 2. The van der Waals surface area contributed by atoms with Crippen LogP contribution < -0.4 is 0 Å². The van der Waals surface area contributed by atoms with Crippen LogP contribution in [0.3, 0.4) is 0 Å². The molecule has 1 saturated heterocycles. The molecule has 3 rings (SSSR count). The quantitative estimate of drug-likeness (QED) is 0.398. The molecule has 1 aliphatic carbocycles. The van der Waals surface area contributed by atoms with Gasteiger partial charge in [0.1, 0.15) is 6.10 Å². The summed E-state index contributed by atoms with van der Waals surface area (Å²) in [6, 6.07) is 0.0282. The standard InChI is InChI=1S/C31H51NO4/c1-9-28-20(3)11-14-29(36-28)21(4)16-19(2)10-12-25-23(6)26(25)13-15-30-31(34)27(32(7)8)18-24(35-30)17-22(5)33/h10-13,15-16,19,22-31,33-34H,9,14,17-18H2,1-8H3/t19-,22?,23-,24-,25+,26+,27+,28-,29-,30+,31-/m1/s1. The van der Waals surface area contributed by atoms with Crippen LogP contribution in [0.4, 0.5) is 0 Å². The first-order valence-corrected chi connectivity index (χ1v) is 14.1. The van der Waals surface area contributed by atoms with Crippen molar-refractivity contribution in [3.8, 4) is 0 Å². The van der Waals surface area contributed by atoms with E-state index in [0.29, 0.717) is 30.1 Å². The zero-order valence-electron chi connectivity index (χ0n) is 23.8. The molecule has 0 aromatic heterocycles. The Morgan fingerprint density at radius 3 is 2.50 bits per heavy atom. The number of aliphatic hydroxyl groups excluding tert-OH is 2. The number of hydrogen-bond donors (Lipinski definition) is 2. The maximum Gasteiger partial charge on any atom is 0.103 e. The van der Waals surface area contributed by atoms with Gasteiger partial charge in [-0.3, -0.25) is 0 Å². The summed E-state index contributed by atoms with van der Waals surface area (Å²) in [7, 11) is 4.00. The van der Waals surface area contributed by atoms with E-state index in [2.05, 4.69) is 76.0 Å². The van der Waals surface area contributed by atoms with Crippen LogP contribution in [0.5, 0.6) is 0 Å². The second-order valence-corrected chi connectivity index (χ2v) is 11.8.